The zero-order valence-electron chi connectivity index (χ0n) is 11.8. The number of fused-ring (bicyclic) bond motifs is 1. The summed E-state index contributed by atoms with van der Waals surface area (Å²) in [7, 11) is 3.07. The van der Waals surface area contributed by atoms with Gasteiger partial charge in [0.05, 0.1) is 37.9 Å². The minimum absolute atomic E-state index is 0.131. The van der Waals surface area contributed by atoms with Gasteiger partial charge in [0.2, 0.25) is 0 Å². The zero-order chi connectivity index (χ0) is 15.0. The highest BCUT2D eigenvalue weighted by molar-refractivity contribution is 7.15. The third-order valence-corrected chi connectivity index (χ3v) is 4.31. The van der Waals surface area contributed by atoms with Crippen molar-refractivity contribution in [3.8, 4) is 11.5 Å². The lowest BCUT2D eigenvalue weighted by Crippen LogP contribution is -2.26. The highest BCUT2D eigenvalue weighted by Gasteiger charge is 2.30. The molecule has 1 amide bonds. The first-order valence-corrected chi connectivity index (χ1v) is 7.20. The van der Waals surface area contributed by atoms with Crippen LogP contribution in [0.5, 0.6) is 11.5 Å². The van der Waals surface area contributed by atoms with Crippen LogP contribution in [0.1, 0.15) is 20.9 Å². The van der Waals surface area contributed by atoms with Crippen molar-refractivity contribution in [1.82, 2.24) is 9.88 Å². The fraction of sp³-hybridized carbons (Fsp3) is 0.286. The van der Waals surface area contributed by atoms with Crippen LogP contribution in [0.3, 0.4) is 0 Å². The molecule has 6 nitrogen and oxygen atoms in total. The van der Waals surface area contributed by atoms with E-state index in [9.17, 15) is 4.79 Å². The van der Waals surface area contributed by atoms with E-state index in [-0.39, 0.29) is 5.91 Å². The normalized spacial score (nSPS) is 13.1. The first-order valence-electron chi connectivity index (χ1n) is 6.38. The highest BCUT2D eigenvalue weighted by Crippen LogP contribution is 2.34. The molecule has 1 aromatic carbocycles. The van der Waals surface area contributed by atoms with Gasteiger partial charge in [0, 0.05) is 0 Å². The Labute approximate surface area is 126 Å². The average Bonchev–Trinajstić information content (AvgIpc) is 3.02. The number of aromatic nitrogens is 1. The highest BCUT2D eigenvalue weighted by atomic mass is 32.1. The standard InChI is InChI=1S/C14H15N3O3S/c1-19-9-4-3-5-10(20-2)12(9)13(18)17-6-8-11(7-17)21-14(15)16-8/h3-5H,6-7H2,1-2H3,(H2,15,16). The SMILES string of the molecule is COc1cccc(OC)c1C(=O)N1Cc2nc(N)sc2C1. The van der Waals surface area contributed by atoms with Gasteiger partial charge in [0.25, 0.3) is 5.91 Å². The number of methoxy groups -OCH3 is 2. The third-order valence-electron chi connectivity index (χ3n) is 3.40. The summed E-state index contributed by atoms with van der Waals surface area (Å²) >= 11 is 1.42. The molecule has 0 atom stereocenters. The Morgan fingerprint density at radius 1 is 1.29 bits per heavy atom. The molecule has 1 aromatic heterocycles. The summed E-state index contributed by atoms with van der Waals surface area (Å²) in [5, 5.41) is 0.543. The second kappa shape index (κ2) is 5.25. The van der Waals surface area contributed by atoms with Crippen molar-refractivity contribution in [2.45, 2.75) is 13.1 Å². The number of thiazole rings is 1. The van der Waals surface area contributed by atoms with Crippen molar-refractivity contribution in [2.75, 3.05) is 20.0 Å². The summed E-state index contributed by atoms with van der Waals surface area (Å²) in [6, 6.07) is 5.28. The first-order chi connectivity index (χ1) is 10.1. The molecule has 1 aliphatic heterocycles. The van der Waals surface area contributed by atoms with E-state index in [0.29, 0.717) is 35.3 Å². The molecule has 0 saturated carbocycles. The summed E-state index contributed by atoms with van der Waals surface area (Å²) in [5.41, 5.74) is 6.99. The van der Waals surface area contributed by atoms with Gasteiger partial charge in [0.1, 0.15) is 17.1 Å². The lowest BCUT2D eigenvalue weighted by Gasteiger charge is -2.19. The van der Waals surface area contributed by atoms with E-state index in [2.05, 4.69) is 4.98 Å². The number of nitrogen functional groups attached to an aromatic ring is 1. The minimum atomic E-state index is -0.131. The lowest BCUT2D eigenvalue weighted by molar-refractivity contribution is 0.0744. The molecule has 2 N–H and O–H groups in total. The van der Waals surface area contributed by atoms with Crippen LogP contribution in [0, 0.1) is 0 Å². The molecule has 0 radical (unpaired) electrons. The Morgan fingerprint density at radius 2 is 1.95 bits per heavy atom. The van der Waals surface area contributed by atoms with Gasteiger partial charge in [-0.05, 0) is 12.1 Å². The van der Waals surface area contributed by atoms with Crippen LogP contribution in [0.25, 0.3) is 0 Å². The van der Waals surface area contributed by atoms with Crippen LogP contribution in [0.15, 0.2) is 18.2 Å². The number of nitrogens with two attached hydrogens (primary N) is 1. The van der Waals surface area contributed by atoms with E-state index in [4.69, 9.17) is 15.2 Å². The predicted octanol–water partition coefficient (Wildman–Crippen LogP) is 1.90. The Kier molecular flexibility index (Phi) is 3.42. The third kappa shape index (κ3) is 2.29. The van der Waals surface area contributed by atoms with Crippen molar-refractivity contribution < 1.29 is 14.3 Å². The van der Waals surface area contributed by atoms with Crippen LogP contribution in [0.4, 0.5) is 5.13 Å². The quantitative estimate of drug-likeness (QED) is 0.937. The number of carbonyl (C=O) groups excluding carboxylic acids is 1. The van der Waals surface area contributed by atoms with Crippen molar-refractivity contribution >= 4 is 22.4 Å². The van der Waals surface area contributed by atoms with Crippen LogP contribution < -0.4 is 15.2 Å². The van der Waals surface area contributed by atoms with Gasteiger partial charge in [-0.3, -0.25) is 4.79 Å². The van der Waals surface area contributed by atoms with E-state index in [1.54, 1.807) is 23.1 Å². The average molecular weight is 305 g/mol. The Balaban J connectivity index is 1.92. The molecular formula is C14H15N3O3S. The molecule has 3 rings (SSSR count). The fourth-order valence-corrected chi connectivity index (χ4v) is 3.28. The fourth-order valence-electron chi connectivity index (χ4n) is 2.42. The molecule has 0 fully saturated rings. The second-order valence-corrected chi connectivity index (χ2v) is 5.74. The summed E-state index contributed by atoms with van der Waals surface area (Å²) < 4.78 is 10.6. The number of amides is 1. The maximum Gasteiger partial charge on any atom is 0.262 e. The number of hydrogen-bond donors (Lipinski definition) is 1. The number of hydrogen-bond acceptors (Lipinski definition) is 6. The molecule has 0 bridgehead atoms. The molecule has 0 unspecified atom stereocenters. The Bertz CT molecular complexity index is 653. The van der Waals surface area contributed by atoms with Crippen molar-refractivity contribution in [2.24, 2.45) is 0 Å². The van der Waals surface area contributed by atoms with E-state index < -0.39 is 0 Å². The van der Waals surface area contributed by atoms with Crippen molar-refractivity contribution in [1.29, 1.82) is 0 Å². The van der Waals surface area contributed by atoms with Gasteiger partial charge >= 0.3 is 0 Å². The maximum atomic E-state index is 12.8. The van der Waals surface area contributed by atoms with Crippen LogP contribution >= 0.6 is 11.3 Å². The van der Waals surface area contributed by atoms with Gasteiger partial charge in [-0.1, -0.05) is 6.07 Å². The molecule has 2 aromatic rings. The monoisotopic (exact) mass is 305 g/mol. The molecule has 0 aliphatic carbocycles. The molecule has 2 heterocycles. The Hall–Kier alpha value is -2.28. The summed E-state index contributed by atoms with van der Waals surface area (Å²) in [6.07, 6.45) is 0. The zero-order valence-corrected chi connectivity index (χ0v) is 12.6. The molecule has 1 aliphatic rings. The second-order valence-electron chi connectivity index (χ2n) is 4.62. The molecule has 21 heavy (non-hydrogen) atoms. The summed E-state index contributed by atoms with van der Waals surface area (Å²) in [6.45, 7) is 0.979. The first kappa shape index (κ1) is 13.7. The smallest absolute Gasteiger partial charge is 0.262 e. The van der Waals surface area contributed by atoms with E-state index in [1.807, 2.05) is 0 Å². The van der Waals surface area contributed by atoms with E-state index in [1.165, 1.54) is 25.6 Å². The van der Waals surface area contributed by atoms with Crippen molar-refractivity contribution in [3.63, 3.8) is 0 Å². The van der Waals surface area contributed by atoms with Crippen LogP contribution in [-0.4, -0.2) is 30.0 Å². The molecular weight excluding hydrogens is 290 g/mol. The van der Waals surface area contributed by atoms with Crippen molar-refractivity contribution in [3.05, 3.63) is 34.3 Å². The van der Waals surface area contributed by atoms with Gasteiger partial charge in [-0.15, -0.1) is 11.3 Å². The maximum absolute atomic E-state index is 12.8. The number of nitrogens with zero attached hydrogens (tertiary/aromatic N) is 2. The summed E-state index contributed by atoms with van der Waals surface area (Å²) in [5.74, 6) is 0.872. The number of anilines is 1. The predicted molar refractivity (Wildman–Crippen MR) is 79.6 cm³/mol. The minimum Gasteiger partial charge on any atom is -0.496 e. The molecule has 0 spiro atoms. The molecule has 7 heteroatoms. The van der Waals surface area contributed by atoms with E-state index >= 15 is 0 Å². The molecule has 110 valence electrons. The number of benzene rings is 1. The number of rotatable bonds is 3. The number of carbonyl (C=O) groups is 1. The van der Waals surface area contributed by atoms with Gasteiger partial charge in [0.15, 0.2) is 5.13 Å². The van der Waals surface area contributed by atoms with Crippen LogP contribution in [-0.2, 0) is 13.1 Å². The van der Waals surface area contributed by atoms with Gasteiger partial charge in [-0.2, -0.15) is 0 Å². The lowest BCUT2D eigenvalue weighted by atomic mass is 10.1. The Morgan fingerprint density at radius 3 is 2.52 bits per heavy atom. The van der Waals surface area contributed by atoms with Crippen LogP contribution in [0.2, 0.25) is 0 Å². The largest absolute Gasteiger partial charge is 0.496 e. The number of ether oxygens (including phenoxy) is 2. The summed E-state index contributed by atoms with van der Waals surface area (Å²) in [4.78, 5) is 19.8. The van der Waals surface area contributed by atoms with Gasteiger partial charge in [-0.25, -0.2) is 4.98 Å². The topological polar surface area (TPSA) is 77.7 Å². The van der Waals surface area contributed by atoms with E-state index in [0.717, 1.165) is 10.6 Å². The van der Waals surface area contributed by atoms with Gasteiger partial charge < -0.3 is 20.1 Å². The molecule has 0 saturated heterocycles.